The van der Waals surface area contributed by atoms with Crippen molar-refractivity contribution < 1.29 is 19.1 Å². The van der Waals surface area contributed by atoms with Crippen molar-refractivity contribution in [1.82, 2.24) is 10.1 Å². The topological polar surface area (TPSA) is 80.0 Å². The molecule has 1 fully saturated rings. The molecule has 0 aliphatic carbocycles. The van der Waals surface area contributed by atoms with Gasteiger partial charge in [0.05, 0.1) is 22.2 Å². The van der Waals surface area contributed by atoms with E-state index in [1.807, 2.05) is 48.5 Å². The molecule has 1 saturated heterocycles. The number of fused-ring (bicyclic) bond motifs is 2. The zero-order chi connectivity index (χ0) is 23.1. The third-order valence-corrected chi connectivity index (χ3v) is 6.70. The molecule has 2 N–H and O–H groups in total. The summed E-state index contributed by atoms with van der Waals surface area (Å²) in [7, 11) is 0. The third kappa shape index (κ3) is 4.07. The number of hydrogen-bond donors (Lipinski definition) is 2. The lowest BCUT2D eigenvalue weighted by Crippen LogP contribution is -2.21. The minimum Gasteiger partial charge on any atom is -0.486 e. The SMILES string of the molecule is OC1CCN(Cc2ccc3onc(Nc4cccc(-c5ccc6c(c5)OCCO6)c4Cl)c3c2)C1. The number of anilines is 2. The van der Waals surface area contributed by atoms with Crippen LogP contribution in [0.4, 0.5) is 11.5 Å². The largest absolute Gasteiger partial charge is 0.486 e. The van der Waals surface area contributed by atoms with Crippen molar-refractivity contribution >= 4 is 34.1 Å². The van der Waals surface area contributed by atoms with Gasteiger partial charge in [-0.2, -0.15) is 0 Å². The highest BCUT2D eigenvalue weighted by Crippen LogP contribution is 2.40. The fourth-order valence-electron chi connectivity index (χ4n) is 4.58. The highest BCUT2D eigenvalue weighted by molar-refractivity contribution is 6.36. The molecule has 2 aliphatic heterocycles. The van der Waals surface area contributed by atoms with Gasteiger partial charge in [-0.05, 0) is 47.9 Å². The number of aliphatic hydroxyl groups is 1. The van der Waals surface area contributed by atoms with Gasteiger partial charge in [0.1, 0.15) is 13.2 Å². The Morgan fingerprint density at radius 1 is 1.06 bits per heavy atom. The van der Waals surface area contributed by atoms with E-state index in [1.165, 1.54) is 0 Å². The van der Waals surface area contributed by atoms with E-state index in [4.69, 9.17) is 25.6 Å². The van der Waals surface area contributed by atoms with Crippen molar-refractivity contribution in [1.29, 1.82) is 0 Å². The summed E-state index contributed by atoms with van der Waals surface area (Å²) in [4.78, 5) is 2.25. The van der Waals surface area contributed by atoms with Crippen LogP contribution in [0.3, 0.4) is 0 Å². The second-order valence-corrected chi connectivity index (χ2v) is 9.07. The first-order chi connectivity index (χ1) is 16.6. The molecule has 4 aromatic rings. The Balaban J connectivity index is 1.28. The van der Waals surface area contributed by atoms with Gasteiger partial charge in [-0.3, -0.25) is 4.90 Å². The highest BCUT2D eigenvalue weighted by Gasteiger charge is 2.21. The van der Waals surface area contributed by atoms with Crippen LogP contribution in [0.15, 0.2) is 59.1 Å². The molecule has 8 heteroatoms. The first-order valence-corrected chi connectivity index (χ1v) is 11.8. The zero-order valence-electron chi connectivity index (χ0n) is 18.5. The second-order valence-electron chi connectivity index (χ2n) is 8.69. The van der Waals surface area contributed by atoms with Crippen molar-refractivity contribution in [2.24, 2.45) is 0 Å². The summed E-state index contributed by atoms with van der Waals surface area (Å²) in [6, 6.07) is 17.7. The molecule has 7 nitrogen and oxygen atoms in total. The molecule has 0 saturated carbocycles. The van der Waals surface area contributed by atoms with E-state index in [-0.39, 0.29) is 6.10 Å². The van der Waals surface area contributed by atoms with Crippen LogP contribution in [0.1, 0.15) is 12.0 Å². The average molecular weight is 478 g/mol. The first kappa shape index (κ1) is 21.3. The van der Waals surface area contributed by atoms with Gasteiger partial charge in [0.15, 0.2) is 22.9 Å². The summed E-state index contributed by atoms with van der Waals surface area (Å²) in [5.41, 5.74) is 4.40. The van der Waals surface area contributed by atoms with E-state index in [0.29, 0.717) is 36.2 Å². The molecule has 1 atom stereocenters. The van der Waals surface area contributed by atoms with Gasteiger partial charge < -0.3 is 24.4 Å². The summed E-state index contributed by atoms with van der Waals surface area (Å²) < 4.78 is 16.9. The number of nitrogens with one attached hydrogen (secondary N) is 1. The number of rotatable bonds is 5. The normalized spacial score (nSPS) is 17.9. The molecule has 6 rings (SSSR count). The maximum absolute atomic E-state index is 9.81. The van der Waals surface area contributed by atoms with E-state index in [2.05, 4.69) is 21.4 Å². The molecule has 2 aliphatic rings. The molecule has 3 aromatic carbocycles. The molecule has 3 heterocycles. The number of halogens is 1. The van der Waals surface area contributed by atoms with Crippen molar-refractivity contribution in [3.05, 3.63) is 65.2 Å². The van der Waals surface area contributed by atoms with E-state index >= 15 is 0 Å². The minimum atomic E-state index is -0.236. The predicted octanol–water partition coefficient (Wildman–Crippen LogP) is 5.23. The Morgan fingerprint density at radius 2 is 1.94 bits per heavy atom. The average Bonchev–Trinajstić information content (AvgIpc) is 3.45. The van der Waals surface area contributed by atoms with Crippen LogP contribution < -0.4 is 14.8 Å². The summed E-state index contributed by atoms with van der Waals surface area (Å²) in [6.07, 6.45) is 0.584. The second kappa shape index (κ2) is 8.83. The maximum Gasteiger partial charge on any atom is 0.181 e. The van der Waals surface area contributed by atoms with Crippen molar-refractivity contribution in [3.63, 3.8) is 0 Å². The number of likely N-dealkylation sites (tertiary alicyclic amines) is 1. The highest BCUT2D eigenvalue weighted by atomic mass is 35.5. The van der Waals surface area contributed by atoms with Gasteiger partial charge in [0.2, 0.25) is 0 Å². The molecular weight excluding hydrogens is 454 g/mol. The number of nitrogens with zero attached hydrogens (tertiary/aromatic N) is 2. The van der Waals surface area contributed by atoms with Crippen LogP contribution in [0.2, 0.25) is 5.02 Å². The summed E-state index contributed by atoms with van der Waals surface area (Å²) in [5, 5.41) is 18.9. The zero-order valence-corrected chi connectivity index (χ0v) is 19.2. The quantitative estimate of drug-likeness (QED) is 0.407. The lowest BCUT2D eigenvalue weighted by atomic mass is 10.0. The number of ether oxygens (including phenoxy) is 2. The Kier molecular flexibility index (Phi) is 5.53. The predicted molar refractivity (Wildman–Crippen MR) is 131 cm³/mol. The van der Waals surface area contributed by atoms with Crippen LogP contribution in [0, 0.1) is 0 Å². The third-order valence-electron chi connectivity index (χ3n) is 6.29. The molecule has 1 unspecified atom stereocenters. The van der Waals surface area contributed by atoms with Crippen LogP contribution in [0.25, 0.3) is 22.1 Å². The van der Waals surface area contributed by atoms with Crippen LogP contribution in [-0.4, -0.2) is 47.6 Å². The van der Waals surface area contributed by atoms with Crippen LogP contribution in [0.5, 0.6) is 11.5 Å². The lowest BCUT2D eigenvalue weighted by molar-refractivity contribution is 0.171. The number of β-amino-alcohol motifs (C(OH)–C–C–N with tert-alkyl or cyclic N) is 1. The Bertz CT molecular complexity index is 1360. The van der Waals surface area contributed by atoms with Crippen molar-refractivity contribution in [2.75, 3.05) is 31.6 Å². The van der Waals surface area contributed by atoms with Crippen LogP contribution >= 0.6 is 11.6 Å². The molecule has 0 radical (unpaired) electrons. The van der Waals surface area contributed by atoms with Crippen molar-refractivity contribution in [2.45, 2.75) is 19.1 Å². The van der Waals surface area contributed by atoms with E-state index in [0.717, 1.165) is 58.8 Å². The molecule has 0 spiro atoms. The fourth-order valence-corrected chi connectivity index (χ4v) is 4.86. The summed E-state index contributed by atoms with van der Waals surface area (Å²) >= 11 is 6.83. The van der Waals surface area contributed by atoms with Gasteiger partial charge in [-0.15, -0.1) is 0 Å². The summed E-state index contributed by atoms with van der Waals surface area (Å²) in [6.45, 7) is 3.47. The molecule has 0 amide bonds. The smallest absolute Gasteiger partial charge is 0.181 e. The van der Waals surface area contributed by atoms with Crippen molar-refractivity contribution in [3.8, 4) is 22.6 Å². The van der Waals surface area contributed by atoms with Gasteiger partial charge >= 0.3 is 0 Å². The maximum atomic E-state index is 9.81. The lowest BCUT2D eigenvalue weighted by Gasteiger charge is -2.19. The molecule has 0 bridgehead atoms. The fraction of sp³-hybridized carbons (Fsp3) is 0.269. The standard InChI is InChI=1S/C26H24ClN3O4/c27-25-19(17-5-7-23-24(13-17)33-11-10-32-23)2-1-3-21(25)28-26-20-12-16(4-6-22(20)34-29-26)14-30-9-8-18(31)15-30/h1-7,12-13,18,31H,8-11,14-15H2,(H,28,29). The number of aromatic nitrogens is 1. The molecule has 174 valence electrons. The molecular formula is C26H24ClN3O4. The van der Waals surface area contributed by atoms with Gasteiger partial charge in [-0.1, -0.05) is 41.0 Å². The first-order valence-electron chi connectivity index (χ1n) is 11.4. The number of hydrogen-bond acceptors (Lipinski definition) is 7. The van der Waals surface area contributed by atoms with Crippen LogP contribution in [-0.2, 0) is 6.54 Å². The van der Waals surface area contributed by atoms with Gasteiger partial charge in [0, 0.05) is 25.2 Å². The number of benzene rings is 3. The Hall–Kier alpha value is -3.26. The van der Waals surface area contributed by atoms with Gasteiger partial charge in [-0.25, -0.2) is 0 Å². The van der Waals surface area contributed by atoms with Gasteiger partial charge in [0.25, 0.3) is 0 Å². The molecule has 1 aromatic heterocycles. The number of aliphatic hydroxyl groups excluding tert-OH is 1. The minimum absolute atomic E-state index is 0.236. The molecule has 34 heavy (non-hydrogen) atoms. The monoisotopic (exact) mass is 477 g/mol. The Morgan fingerprint density at radius 3 is 2.79 bits per heavy atom. The van der Waals surface area contributed by atoms with E-state index in [1.54, 1.807) is 0 Å². The summed E-state index contributed by atoms with van der Waals surface area (Å²) in [5.74, 6) is 2.08. The van der Waals surface area contributed by atoms with E-state index < -0.39 is 0 Å². The Labute approximate surface area is 201 Å². The van der Waals surface area contributed by atoms with E-state index in [9.17, 15) is 5.11 Å².